The smallest absolute Gasteiger partial charge is 0.274 e. The molecule has 9 nitrogen and oxygen atoms in total. The Morgan fingerprint density at radius 2 is 1.74 bits per heavy atom. The molecule has 4 aromatic rings. The number of aryl methyl sites for hydroxylation is 1. The molecule has 0 bridgehead atoms. The monoisotopic (exact) mass is 471 g/mol. The average Bonchev–Trinajstić information content (AvgIpc) is 3.55. The number of carbonyl (C=O) groups is 1. The standard InChI is InChI=1S/C26H29N7O2/c1-18-5-7-20(8-6-18)31-11-13-32(14-12-31)24(34)21-16-33(17-28-21)22-15-19(9-10-27-22)23-29-25(30-35-23)26(2,3)4/h5-10,15-17H,11-14H2,1-4H3. The summed E-state index contributed by atoms with van der Waals surface area (Å²) in [7, 11) is 0. The van der Waals surface area contributed by atoms with E-state index in [2.05, 4.69) is 56.2 Å². The summed E-state index contributed by atoms with van der Waals surface area (Å²) in [6.45, 7) is 11.1. The second kappa shape index (κ2) is 8.98. The first-order valence-corrected chi connectivity index (χ1v) is 11.7. The van der Waals surface area contributed by atoms with E-state index >= 15 is 0 Å². The van der Waals surface area contributed by atoms with Crippen molar-refractivity contribution < 1.29 is 9.32 Å². The average molecular weight is 472 g/mol. The minimum absolute atomic E-state index is 0.0739. The lowest BCUT2D eigenvalue weighted by Gasteiger charge is -2.35. The Kier molecular flexibility index (Phi) is 5.84. The summed E-state index contributed by atoms with van der Waals surface area (Å²) in [5, 5.41) is 4.09. The third-order valence-corrected chi connectivity index (χ3v) is 6.12. The number of nitrogens with zero attached hydrogens (tertiary/aromatic N) is 7. The molecule has 1 aliphatic heterocycles. The Morgan fingerprint density at radius 1 is 1.00 bits per heavy atom. The van der Waals surface area contributed by atoms with Gasteiger partial charge in [-0.25, -0.2) is 9.97 Å². The van der Waals surface area contributed by atoms with Gasteiger partial charge in [0.1, 0.15) is 17.8 Å². The first-order valence-electron chi connectivity index (χ1n) is 11.7. The minimum atomic E-state index is -0.206. The number of imidazole rings is 1. The van der Waals surface area contributed by atoms with E-state index in [9.17, 15) is 4.79 Å². The zero-order valence-electron chi connectivity index (χ0n) is 20.5. The summed E-state index contributed by atoms with van der Waals surface area (Å²) < 4.78 is 7.20. The zero-order valence-corrected chi connectivity index (χ0v) is 20.5. The molecule has 3 aromatic heterocycles. The largest absolute Gasteiger partial charge is 0.368 e. The van der Waals surface area contributed by atoms with Crippen LogP contribution in [0, 0.1) is 6.92 Å². The number of pyridine rings is 1. The summed E-state index contributed by atoms with van der Waals surface area (Å²) in [5.41, 5.74) is 3.38. The SMILES string of the molecule is Cc1ccc(N2CCN(C(=O)c3cn(-c4cc(-c5nc(C(C)(C)C)no5)ccn4)cn3)CC2)cc1. The van der Waals surface area contributed by atoms with E-state index in [-0.39, 0.29) is 11.3 Å². The molecule has 0 saturated carbocycles. The van der Waals surface area contributed by atoms with E-state index in [4.69, 9.17) is 4.52 Å². The van der Waals surface area contributed by atoms with Crippen LogP contribution in [-0.2, 0) is 5.41 Å². The zero-order chi connectivity index (χ0) is 24.6. The first kappa shape index (κ1) is 22.8. The fourth-order valence-corrected chi connectivity index (χ4v) is 3.98. The predicted molar refractivity (Wildman–Crippen MR) is 133 cm³/mol. The Bertz CT molecular complexity index is 1330. The molecule has 0 unspecified atom stereocenters. The third kappa shape index (κ3) is 4.80. The van der Waals surface area contributed by atoms with Gasteiger partial charge < -0.3 is 14.3 Å². The molecule has 35 heavy (non-hydrogen) atoms. The number of aromatic nitrogens is 5. The van der Waals surface area contributed by atoms with Crippen LogP contribution in [0.2, 0.25) is 0 Å². The fourth-order valence-electron chi connectivity index (χ4n) is 3.98. The molecule has 1 aliphatic rings. The molecule has 0 atom stereocenters. The van der Waals surface area contributed by atoms with Crippen molar-refractivity contribution in [3.05, 3.63) is 72.2 Å². The maximum absolute atomic E-state index is 13.1. The highest BCUT2D eigenvalue weighted by Gasteiger charge is 2.25. The lowest BCUT2D eigenvalue weighted by Crippen LogP contribution is -2.48. The minimum Gasteiger partial charge on any atom is -0.368 e. The molecule has 1 fully saturated rings. The van der Waals surface area contributed by atoms with Crippen molar-refractivity contribution in [2.24, 2.45) is 0 Å². The van der Waals surface area contributed by atoms with Crippen molar-refractivity contribution in [1.29, 1.82) is 0 Å². The van der Waals surface area contributed by atoms with Crippen LogP contribution in [0.1, 0.15) is 42.6 Å². The molecule has 0 N–H and O–H groups in total. The normalized spacial score (nSPS) is 14.4. The van der Waals surface area contributed by atoms with Crippen LogP contribution < -0.4 is 4.90 Å². The van der Waals surface area contributed by atoms with E-state index in [1.54, 1.807) is 23.3 Å². The van der Waals surface area contributed by atoms with Crippen molar-refractivity contribution >= 4 is 11.6 Å². The van der Waals surface area contributed by atoms with Crippen molar-refractivity contribution in [3.63, 3.8) is 0 Å². The number of benzene rings is 1. The number of hydrogen-bond donors (Lipinski definition) is 0. The van der Waals surface area contributed by atoms with Crippen LogP contribution in [0.5, 0.6) is 0 Å². The van der Waals surface area contributed by atoms with E-state index in [1.807, 2.05) is 37.8 Å². The van der Waals surface area contributed by atoms with Crippen LogP contribution in [0.15, 0.2) is 59.6 Å². The van der Waals surface area contributed by atoms with Crippen LogP contribution in [-0.4, -0.2) is 61.7 Å². The van der Waals surface area contributed by atoms with E-state index in [0.29, 0.717) is 36.3 Å². The molecule has 4 heterocycles. The van der Waals surface area contributed by atoms with Gasteiger partial charge in [-0.15, -0.1) is 0 Å². The Labute approximate surface area is 204 Å². The molecule has 5 rings (SSSR count). The second-order valence-corrected chi connectivity index (χ2v) is 9.86. The number of piperazine rings is 1. The summed E-state index contributed by atoms with van der Waals surface area (Å²) in [4.78, 5) is 30.6. The Balaban J connectivity index is 1.27. The summed E-state index contributed by atoms with van der Waals surface area (Å²) in [6, 6.07) is 12.2. The lowest BCUT2D eigenvalue weighted by atomic mass is 9.96. The van der Waals surface area contributed by atoms with Gasteiger partial charge in [-0.3, -0.25) is 9.36 Å². The molecule has 9 heteroatoms. The quantitative estimate of drug-likeness (QED) is 0.446. The molecule has 1 aromatic carbocycles. The Hall–Kier alpha value is -4.01. The van der Waals surface area contributed by atoms with Gasteiger partial charge in [0.2, 0.25) is 0 Å². The number of anilines is 1. The second-order valence-electron chi connectivity index (χ2n) is 9.86. The van der Waals surface area contributed by atoms with E-state index in [0.717, 1.165) is 18.7 Å². The molecular weight excluding hydrogens is 442 g/mol. The fraction of sp³-hybridized carbons (Fsp3) is 0.346. The van der Waals surface area contributed by atoms with Crippen LogP contribution >= 0.6 is 0 Å². The third-order valence-electron chi connectivity index (χ3n) is 6.12. The maximum Gasteiger partial charge on any atom is 0.274 e. The Morgan fingerprint density at radius 3 is 2.43 bits per heavy atom. The van der Waals surface area contributed by atoms with Crippen molar-refractivity contribution in [2.45, 2.75) is 33.1 Å². The summed E-state index contributed by atoms with van der Waals surface area (Å²) in [5.74, 6) is 1.62. The number of carbonyl (C=O) groups excluding carboxylic acids is 1. The highest BCUT2D eigenvalue weighted by atomic mass is 16.5. The maximum atomic E-state index is 13.1. The van der Waals surface area contributed by atoms with Gasteiger partial charge in [0.15, 0.2) is 5.82 Å². The van der Waals surface area contributed by atoms with E-state index in [1.165, 1.54) is 11.3 Å². The lowest BCUT2D eigenvalue weighted by molar-refractivity contribution is 0.0741. The van der Waals surface area contributed by atoms with Crippen LogP contribution in [0.25, 0.3) is 17.3 Å². The van der Waals surface area contributed by atoms with Crippen molar-refractivity contribution in [2.75, 3.05) is 31.1 Å². The van der Waals surface area contributed by atoms with Crippen molar-refractivity contribution in [3.8, 4) is 17.3 Å². The number of amides is 1. The van der Waals surface area contributed by atoms with Crippen LogP contribution in [0.4, 0.5) is 5.69 Å². The molecule has 0 radical (unpaired) electrons. The van der Waals surface area contributed by atoms with Gasteiger partial charge in [0.25, 0.3) is 11.8 Å². The van der Waals surface area contributed by atoms with Gasteiger partial charge in [0, 0.05) is 55.2 Å². The summed E-state index contributed by atoms with van der Waals surface area (Å²) >= 11 is 0. The molecule has 0 spiro atoms. The molecule has 180 valence electrons. The number of hydrogen-bond acceptors (Lipinski definition) is 7. The van der Waals surface area contributed by atoms with Gasteiger partial charge in [0.05, 0.1) is 0 Å². The predicted octanol–water partition coefficient (Wildman–Crippen LogP) is 3.89. The molecule has 1 saturated heterocycles. The first-order chi connectivity index (χ1) is 16.8. The highest BCUT2D eigenvalue weighted by Crippen LogP contribution is 2.24. The van der Waals surface area contributed by atoms with Crippen LogP contribution in [0.3, 0.4) is 0 Å². The van der Waals surface area contributed by atoms with E-state index < -0.39 is 0 Å². The highest BCUT2D eigenvalue weighted by molar-refractivity contribution is 5.92. The molecular formula is C26H29N7O2. The van der Waals surface area contributed by atoms with Gasteiger partial charge >= 0.3 is 0 Å². The molecule has 1 amide bonds. The van der Waals surface area contributed by atoms with Crippen molar-refractivity contribution in [1.82, 2.24) is 29.6 Å². The molecule has 0 aliphatic carbocycles. The van der Waals surface area contributed by atoms with Gasteiger partial charge in [-0.05, 0) is 31.2 Å². The van der Waals surface area contributed by atoms with Gasteiger partial charge in [-0.1, -0.05) is 43.6 Å². The number of rotatable bonds is 4. The topological polar surface area (TPSA) is 93.2 Å². The summed E-state index contributed by atoms with van der Waals surface area (Å²) in [6.07, 6.45) is 5.00. The van der Waals surface area contributed by atoms with Gasteiger partial charge in [-0.2, -0.15) is 4.98 Å².